The number of rotatable bonds is 6. The summed E-state index contributed by atoms with van der Waals surface area (Å²) in [5.74, 6) is -2.16. The van der Waals surface area contributed by atoms with Crippen LogP contribution in [0, 0.1) is 0 Å². The Bertz CT molecular complexity index is 189. The Labute approximate surface area is 77.0 Å². The molecule has 0 bridgehead atoms. The van der Waals surface area contributed by atoms with Gasteiger partial charge in [0, 0.05) is 0 Å². The zero-order valence-corrected chi connectivity index (χ0v) is 7.86. The van der Waals surface area contributed by atoms with Crippen molar-refractivity contribution in [3.05, 3.63) is 0 Å². The van der Waals surface area contributed by atoms with Gasteiger partial charge >= 0.3 is 11.9 Å². The molecule has 0 spiro atoms. The zero-order chi connectivity index (χ0) is 10.4. The van der Waals surface area contributed by atoms with Gasteiger partial charge in [-0.25, -0.2) is 0 Å². The lowest BCUT2D eigenvalue weighted by molar-refractivity contribution is -0.149. The number of nitrogens with zero attached hydrogens (tertiary/aromatic N) is 1. The lowest BCUT2D eigenvalue weighted by atomic mass is 10.2. The van der Waals surface area contributed by atoms with Crippen molar-refractivity contribution in [3.8, 4) is 0 Å². The SMILES string of the molecule is CCN(CC)[C@@H](CC(=O)O)C(=O)O. The molecule has 0 aromatic rings. The van der Waals surface area contributed by atoms with Crippen molar-refractivity contribution < 1.29 is 19.8 Å². The number of carboxylic acids is 2. The molecule has 5 heteroatoms. The van der Waals surface area contributed by atoms with Crippen molar-refractivity contribution in [2.45, 2.75) is 26.3 Å². The molecule has 0 heterocycles. The molecule has 0 aliphatic heterocycles. The van der Waals surface area contributed by atoms with Gasteiger partial charge in [-0.3, -0.25) is 14.5 Å². The molecule has 5 nitrogen and oxygen atoms in total. The molecule has 0 saturated heterocycles. The molecule has 1 atom stereocenters. The molecule has 0 aromatic heterocycles. The van der Waals surface area contributed by atoms with Gasteiger partial charge in [-0.2, -0.15) is 0 Å². The third-order valence-electron chi connectivity index (χ3n) is 1.91. The Balaban J connectivity index is 4.38. The Morgan fingerprint density at radius 2 is 1.69 bits per heavy atom. The summed E-state index contributed by atoms with van der Waals surface area (Å²) in [5, 5.41) is 17.2. The van der Waals surface area contributed by atoms with Crippen molar-refractivity contribution in [2.75, 3.05) is 13.1 Å². The van der Waals surface area contributed by atoms with Crippen LogP contribution in [0.15, 0.2) is 0 Å². The molecule has 0 rings (SSSR count). The largest absolute Gasteiger partial charge is 0.481 e. The van der Waals surface area contributed by atoms with Gasteiger partial charge in [0.1, 0.15) is 6.04 Å². The van der Waals surface area contributed by atoms with Crippen molar-refractivity contribution in [2.24, 2.45) is 0 Å². The molecule has 0 saturated carbocycles. The first-order valence-electron chi connectivity index (χ1n) is 4.21. The maximum absolute atomic E-state index is 10.7. The highest BCUT2D eigenvalue weighted by atomic mass is 16.4. The highest BCUT2D eigenvalue weighted by Gasteiger charge is 2.25. The van der Waals surface area contributed by atoms with E-state index >= 15 is 0 Å². The van der Waals surface area contributed by atoms with E-state index in [2.05, 4.69) is 0 Å². The van der Waals surface area contributed by atoms with Gasteiger partial charge in [-0.05, 0) is 13.1 Å². The van der Waals surface area contributed by atoms with Gasteiger partial charge in [0.2, 0.25) is 0 Å². The van der Waals surface area contributed by atoms with E-state index in [4.69, 9.17) is 10.2 Å². The summed E-state index contributed by atoms with van der Waals surface area (Å²) in [4.78, 5) is 22.7. The number of hydrogen-bond donors (Lipinski definition) is 2. The van der Waals surface area contributed by atoms with E-state index in [0.29, 0.717) is 13.1 Å². The number of aliphatic carboxylic acids is 2. The molecule has 0 aromatic carbocycles. The van der Waals surface area contributed by atoms with Crippen LogP contribution in [-0.4, -0.2) is 46.2 Å². The second-order valence-electron chi connectivity index (χ2n) is 2.67. The molecular weight excluding hydrogens is 174 g/mol. The van der Waals surface area contributed by atoms with Crippen LogP contribution in [0.1, 0.15) is 20.3 Å². The lowest BCUT2D eigenvalue weighted by Gasteiger charge is -2.24. The molecule has 2 N–H and O–H groups in total. The number of likely N-dealkylation sites (N-methyl/N-ethyl adjacent to an activating group) is 1. The highest BCUT2D eigenvalue weighted by molar-refractivity contribution is 5.80. The standard InChI is InChI=1S/C8H15NO4/c1-3-9(4-2)6(8(12)13)5-7(10)11/h6H,3-5H2,1-2H3,(H,10,11)(H,12,13)/t6-/m0/s1. The van der Waals surface area contributed by atoms with E-state index in [1.165, 1.54) is 0 Å². The number of hydrogen-bond acceptors (Lipinski definition) is 3. The fourth-order valence-electron chi connectivity index (χ4n) is 1.20. The first kappa shape index (κ1) is 11.9. The lowest BCUT2D eigenvalue weighted by Crippen LogP contribution is -2.42. The molecule has 13 heavy (non-hydrogen) atoms. The normalized spacial score (nSPS) is 12.8. The van der Waals surface area contributed by atoms with Gasteiger partial charge in [0.25, 0.3) is 0 Å². The average molecular weight is 189 g/mol. The smallest absolute Gasteiger partial charge is 0.321 e. The summed E-state index contributed by atoms with van der Waals surface area (Å²) in [6.45, 7) is 4.70. The van der Waals surface area contributed by atoms with Crippen LogP contribution in [-0.2, 0) is 9.59 Å². The van der Waals surface area contributed by atoms with Crippen LogP contribution < -0.4 is 0 Å². The number of carboxylic acid groups (broad SMARTS) is 2. The maximum Gasteiger partial charge on any atom is 0.321 e. The van der Waals surface area contributed by atoms with Crippen LogP contribution in [0.3, 0.4) is 0 Å². The second kappa shape index (κ2) is 5.53. The minimum absolute atomic E-state index is 0.350. The molecular formula is C8H15NO4. The predicted molar refractivity (Wildman–Crippen MR) is 46.6 cm³/mol. The molecule has 76 valence electrons. The fourth-order valence-corrected chi connectivity index (χ4v) is 1.20. The first-order chi connectivity index (χ1) is 6.02. The number of carbonyl (C=O) groups is 2. The van der Waals surface area contributed by atoms with Gasteiger partial charge in [-0.15, -0.1) is 0 Å². The van der Waals surface area contributed by atoms with E-state index in [0.717, 1.165) is 0 Å². The minimum atomic E-state index is -1.08. The summed E-state index contributed by atoms with van der Waals surface area (Å²) >= 11 is 0. The first-order valence-corrected chi connectivity index (χ1v) is 4.21. The molecule has 0 amide bonds. The van der Waals surface area contributed by atoms with Crippen molar-refractivity contribution in [1.82, 2.24) is 4.90 Å². The fraction of sp³-hybridized carbons (Fsp3) is 0.750. The van der Waals surface area contributed by atoms with Gasteiger partial charge in [0.15, 0.2) is 0 Å². The summed E-state index contributed by atoms with van der Waals surface area (Å²) in [5.41, 5.74) is 0. The molecule has 0 unspecified atom stereocenters. The second-order valence-corrected chi connectivity index (χ2v) is 2.67. The third kappa shape index (κ3) is 3.89. The van der Waals surface area contributed by atoms with E-state index in [1.54, 1.807) is 18.7 Å². The van der Waals surface area contributed by atoms with E-state index < -0.39 is 18.0 Å². The van der Waals surface area contributed by atoms with Crippen LogP contribution in [0.4, 0.5) is 0 Å². The van der Waals surface area contributed by atoms with Gasteiger partial charge in [0.05, 0.1) is 6.42 Å². The topological polar surface area (TPSA) is 77.8 Å². The van der Waals surface area contributed by atoms with Gasteiger partial charge in [-0.1, -0.05) is 13.8 Å². The molecule has 0 aliphatic carbocycles. The van der Waals surface area contributed by atoms with Crippen LogP contribution in [0.25, 0.3) is 0 Å². The quantitative estimate of drug-likeness (QED) is 0.626. The Hall–Kier alpha value is -1.10. The molecule has 0 fully saturated rings. The van der Waals surface area contributed by atoms with Crippen LogP contribution >= 0.6 is 0 Å². The summed E-state index contributed by atoms with van der Waals surface area (Å²) in [7, 11) is 0. The predicted octanol–water partition coefficient (Wildman–Crippen LogP) is 0.256. The molecule has 0 aliphatic rings. The molecule has 0 radical (unpaired) electrons. The highest BCUT2D eigenvalue weighted by Crippen LogP contribution is 2.04. The monoisotopic (exact) mass is 189 g/mol. The van der Waals surface area contributed by atoms with Crippen molar-refractivity contribution in [1.29, 1.82) is 0 Å². The van der Waals surface area contributed by atoms with E-state index in [1.807, 2.05) is 0 Å². The van der Waals surface area contributed by atoms with Gasteiger partial charge < -0.3 is 10.2 Å². The Morgan fingerprint density at radius 1 is 1.23 bits per heavy atom. The zero-order valence-electron chi connectivity index (χ0n) is 7.86. The van der Waals surface area contributed by atoms with E-state index in [-0.39, 0.29) is 6.42 Å². The van der Waals surface area contributed by atoms with Crippen LogP contribution in [0.5, 0.6) is 0 Å². The Morgan fingerprint density at radius 3 is 1.92 bits per heavy atom. The van der Waals surface area contributed by atoms with Crippen molar-refractivity contribution in [3.63, 3.8) is 0 Å². The summed E-state index contributed by atoms with van der Waals surface area (Å²) in [6, 6.07) is -0.910. The summed E-state index contributed by atoms with van der Waals surface area (Å²) < 4.78 is 0. The average Bonchev–Trinajstić information content (AvgIpc) is 2.04. The Kier molecular flexibility index (Phi) is 5.06. The van der Waals surface area contributed by atoms with Crippen LogP contribution in [0.2, 0.25) is 0 Å². The minimum Gasteiger partial charge on any atom is -0.481 e. The third-order valence-corrected chi connectivity index (χ3v) is 1.91. The van der Waals surface area contributed by atoms with Crippen molar-refractivity contribution >= 4 is 11.9 Å². The summed E-state index contributed by atoms with van der Waals surface area (Å²) in [6.07, 6.45) is -0.350. The van der Waals surface area contributed by atoms with E-state index in [9.17, 15) is 9.59 Å². The maximum atomic E-state index is 10.7.